The van der Waals surface area contributed by atoms with Gasteiger partial charge < -0.3 is 14.7 Å². The van der Waals surface area contributed by atoms with Gasteiger partial charge in [0.1, 0.15) is 11.3 Å². The monoisotopic (exact) mass is 250 g/mol. The predicted molar refractivity (Wildman–Crippen MR) is 62.9 cm³/mol. The highest BCUT2D eigenvalue weighted by atomic mass is 16.5. The van der Waals surface area contributed by atoms with E-state index in [1.807, 2.05) is 0 Å². The van der Waals surface area contributed by atoms with E-state index >= 15 is 0 Å². The fourth-order valence-electron chi connectivity index (χ4n) is 1.42. The van der Waals surface area contributed by atoms with Gasteiger partial charge in [0.15, 0.2) is 5.75 Å². The molecular formula is C12H14N2O4. The Morgan fingerprint density at radius 3 is 2.61 bits per heavy atom. The number of hydrogen-bond acceptors (Lipinski definition) is 4. The Labute approximate surface area is 104 Å². The summed E-state index contributed by atoms with van der Waals surface area (Å²) in [6, 6.07) is 1.25. The molecule has 0 atom stereocenters. The van der Waals surface area contributed by atoms with Gasteiger partial charge in [0.25, 0.3) is 5.91 Å². The Morgan fingerprint density at radius 1 is 1.44 bits per heavy atom. The first-order valence-electron chi connectivity index (χ1n) is 5.60. The van der Waals surface area contributed by atoms with Gasteiger partial charge >= 0.3 is 5.97 Å². The minimum absolute atomic E-state index is 0.0258. The molecule has 6 heteroatoms. The van der Waals surface area contributed by atoms with E-state index in [0.29, 0.717) is 0 Å². The molecule has 0 radical (unpaired) electrons. The molecule has 1 aliphatic carbocycles. The quantitative estimate of drug-likeness (QED) is 0.863. The van der Waals surface area contributed by atoms with Gasteiger partial charge in [-0.05, 0) is 18.9 Å². The van der Waals surface area contributed by atoms with Gasteiger partial charge in [-0.2, -0.15) is 0 Å². The second-order valence-corrected chi connectivity index (χ2v) is 4.39. The van der Waals surface area contributed by atoms with Gasteiger partial charge in [0, 0.05) is 14.1 Å². The van der Waals surface area contributed by atoms with Crippen molar-refractivity contribution in [1.29, 1.82) is 0 Å². The van der Waals surface area contributed by atoms with E-state index < -0.39 is 5.97 Å². The maximum absolute atomic E-state index is 11.7. The smallest absolute Gasteiger partial charge is 0.339 e. The third-order valence-corrected chi connectivity index (χ3v) is 2.54. The van der Waals surface area contributed by atoms with Crippen molar-refractivity contribution in [3.05, 3.63) is 23.5 Å². The number of aromatic nitrogens is 1. The topological polar surface area (TPSA) is 79.7 Å². The first kappa shape index (κ1) is 12.3. The van der Waals surface area contributed by atoms with E-state index in [1.165, 1.54) is 17.2 Å². The molecule has 96 valence electrons. The van der Waals surface area contributed by atoms with Crippen molar-refractivity contribution in [1.82, 2.24) is 9.88 Å². The lowest BCUT2D eigenvalue weighted by atomic mass is 10.2. The van der Waals surface area contributed by atoms with Crippen molar-refractivity contribution in [3.63, 3.8) is 0 Å². The highest BCUT2D eigenvalue weighted by Crippen LogP contribution is 2.29. The summed E-state index contributed by atoms with van der Waals surface area (Å²) in [4.78, 5) is 28.1. The molecule has 1 aromatic rings. The highest BCUT2D eigenvalue weighted by Gasteiger charge is 2.26. The van der Waals surface area contributed by atoms with E-state index in [0.717, 1.165) is 12.8 Å². The molecule has 1 amide bonds. The average molecular weight is 250 g/mol. The number of pyridine rings is 1. The Balaban J connectivity index is 2.32. The van der Waals surface area contributed by atoms with Crippen molar-refractivity contribution in [2.45, 2.75) is 18.9 Å². The molecule has 2 rings (SSSR count). The van der Waals surface area contributed by atoms with Crippen molar-refractivity contribution >= 4 is 11.9 Å². The molecule has 0 unspecified atom stereocenters. The third-order valence-electron chi connectivity index (χ3n) is 2.54. The molecule has 18 heavy (non-hydrogen) atoms. The van der Waals surface area contributed by atoms with Crippen LogP contribution in [0, 0.1) is 0 Å². The number of ether oxygens (including phenoxy) is 1. The highest BCUT2D eigenvalue weighted by molar-refractivity contribution is 5.97. The lowest BCUT2D eigenvalue weighted by Crippen LogP contribution is -2.23. The minimum atomic E-state index is -1.12. The zero-order valence-corrected chi connectivity index (χ0v) is 10.2. The van der Waals surface area contributed by atoms with Crippen LogP contribution in [0.15, 0.2) is 12.3 Å². The summed E-state index contributed by atoms with van der Waals surface area (Å²) in [5.74, 6) is -1.24. The number of aromatic carboxylic acids is 1. The summed E-state index contributed by atoms with van der Waals surface area (Å²) in [7, 11) is 3.16. The number of carbonyl (C=O) groups excluding carboxylic acids is 1. The summed E-state index contributed by atoms with van der Waals surface area (Å²) in [5, 5.41) is 9.11. The molecule has 0 aliphatic heterocycles. The fourth-order valence-corrected chi connectivity index (χ4v) is 1.42. The van der Waals surface area contributed by atoms with Gasteiger partial charge in [0.05, 0.1) is 12.3 Å². The van der Waals surface area contributed by atoms with Crippen molar-refractivity contribution in [3.8, 4) is 5.75 Å². The predicted octanol–water partition coefficient (Wildman–Crippen LogP) is 1.02. The summed E-state index contributed by atoms with van der Waals surface area (Å²) >= 11 is 0. The first-order valence-corrected chi connectivity index (χ1v) is 5.60. The van der Waals surface area contributed by atoms with Gasteiger partial charge in [0.2, 0.25) is 0 Å². The van der Waals surface area contributed by atoms with Crippen LogP contribution in [0.25, 0.3) is 0 Å². The molecule has 1 aromatic heterocycles. The number of nitrogens with zero attached hydrogens (tertiary/aromatic N) is 2. The Hall–Kier alpha value is -2.11. The van der Waals surface area contributed by atoms with Crippen LogP contribution in [0.3, 0.4) is 0 Å². The molecule has 1 saturated carbocycles. The normalized spacial score (nSPS) is 14.1. The van der Waals surface area contributed by atoms with E-state index in [9.17, 15) is 9.59 Å². The van der Waals surface area contributed by atoms with Crippen LogP contribution in [0.5, 0.6) is 5.75 Å². The minimum Gasteiger partial charge on any atom is -0.488 e. The van der Waals surface area contributed by atoms with E-state index in [4.69, 9.17) is 9.84 Å². The van der Waals surface area contributed by atoms with Crippen molar-refractivity contribution in [2.75, 3.05) is 14.1 Å². The zero-order valence-electron chi connectivity index (χ0n) is 10.2. The van der Waals surface area contributed by atoms with Crippen LogP contribution in [0.2, 0.25) is 0 Å². The molecule has 1 fully saturated rings. The molecule has 0 spiro atoms. The van der Waals surface area contributed by atoms with Gasteiger partial charge in [-0.15, -0.1) is 0 Å². The van der Waals surface area contributed by atoms with E-state index in [2.05, 4.69) is 4.98 Å². The van der Waals surface area contributed by atoms with Crippen LogP contribution >= 0.6 is 0 Å². The van der Waals surface area contributed by atoms with Crippen LogP contribution in [0.1, 0.15) is 33.7 Å². The first-order chi connectivity index (χ1) is 8.49. The Bertz CT molecular complexity index is 495. The van der Waals surface area contributed by atoms with E-state index in [-0.39, 0.29) is 29.0 Å². The zero-order chi connectivity index (χ0) is 13.3. The molecular weight excluding hydrogens is 236 g/mol. The number of carboxylic acid groups (broad SMARTS) is 1. The second-order valence-electron chi connectivity index (χ2n) is 4.39. The molecule has 0 bridgehead atoms. The van der Waals surface area contributed by atoms with Gasteiger partial charge in [-0.3, -0.25) is 4.79 Å². The molecule has 0 saturated heterocycles. The SMILES string of the molecule is CN(C)C(=O)c1cc(C(=O)O)c(OC2CC2)cn1. The number of carbonyl (C=O) groups is 2. The van der Waals surface area contributed by atoms with E-state index in [1.54, 1.807) is 14.1 Å². The Kier molecular flexibility index (Phi) is 3.18. The van der Waals surface area contributed by atoms with Crippen LogP contribution in [-0.2, 0) is 0 Å². The largest absolute Gasteiger partial charge is 0.488 e. The van der Waals surface area contributed by atoms with Crippen molar-refractivity contribution < 1.29 is 19.4 Å². The lowest BCUT2D eigenvalue weighted by molar-refractivity contribution is 0.0691. The van der Waals surface area contributed by atoms with Crippen LogP contribution < -0.4 is 4.74 Å². The number of hydrogen-bond donors (Lipinski definition) is 1. The average Bonchev–Trinajstić information content (AvgIpc) is 3.12. The van der Waals surface area contributed by atoms with Crippen LogP contribution in [-0.4, -0.2) is 47.1 Å². The summed E-state index contributed by atoms with van der Waals surface area (Å²) in [5.41, 5.74) is 0.0719. The fraction of sp³-hybridized carbons (Fsp3) is 0.417. The molecule has 0 aromatic carbocycles. The van der Waals surface area contributed by atoms with Crippen LogP contribution in [0.4, 0.5) is 0 Å². The standard InChI is InChI=1S/C12H14N2O4/c1-14(2)11(15)9-5-8(12(16)17)10(6-13-9)18-7-3-4-7/h5-7H,3-4H2,1-2H3,(H,16,17). The van der Waals surface area contributed by atoms with Crippen molar-refractivity contribution in [2.24, 2.45) is 0 Å². The second kappa shape index (κ2) is 4.64. The molecule has 1 aliphatic rings. The summed E-state index contributed by atoms with van der Waals surface area (Å²) in [6.07, 6.45) is 3.24. The third kappa shape index (κ3) is 2.58. The molecule has 1 N–H and O–H groups in total. The summed E-state index contributed by atoms with van der Waals surface area (Å²) < 4.78 is 5.44. The lowest BCUT2D eigenvalue weighted by Gasteiger charge is -2.12. The molecule has 1 heterocycles. The summed E-state index contributed by atoms with van der Waals surface area (Å²) in [6.45, 7) is 0. The Morgan fingerprint density at radius 2 is 2.11 bits per heavy atom. The maximum Gasteiger partial charge on any atom is 0.339 e. The van der Waals surface area contributed by atoms with Gasteiger partial charge in [-0.1, -0.05) is 0 Å². The number of rotatable bonds is 4. The molecule has 6 nitrogen and oxygen atoms in total. The number of carboxylic acids is 1. The maximum atomic E-state index is 11.7. The van der Waals surface area contributed by atoms with Gasteiger partial charge in [-0.25, -0.2) is 9.78 Å². The number of amides is 1.